The summed E-state index contributed by atoms with van der Waals surface area (Å²) >= 11 is 0. The van der Waals surface area contributed by atoms with E-state index in [1.807, 2.05) is 0 Å². The van der Waals surface area contributed by atoms with Crippen LogP contribution in [0.5, 0.6) is 0 Å². The van der Waals surface area contributed by atoms with Crippen LogP contribution >= 0.6 is 15.2 Å². The highest BCUT2D eigenvalue weighted by atomic mass is 31.2. The molecule has 1 aromatic heterocycles. The first-order valence-corrected chi connectivity index (χ1v) is 7.94. The Kier molecular flexibility index (Phi) is 4.15. The van der Waals surface area contributed by atoms with Crippen LogP contribution in [0, 0.1) is 6.92 Å². The van der Waals surface area contributed by atoms with Gasteiger partial charge in [-0.1, -0.05) is 0 Å². The van der Waals surface area contributed by atoms with E-state index in [2.05, 4.69) is 0 Å². The molecule has 0 spiro atoms. The lowest BCUT2D eigenvalue weighted by Gasteiger charge is -2.33. The largest absolute Gasteiger partial charge is 0.776 e. The molecular formula is C8H13NO7P2. The van der Waals surface area contributed by atoms with E-state index >= 15 is 0 Å². The Morgan fingerprint density at radius 1 is 1.39 bits per heavy atom. The summed E-state index contributed by atoms with van der Waals surface area (Å²) in [5, 5.41) is 6.08. The Hall–Kier alpha value is -0.590. The smallest absolute Gasteiger partial charge is 0.372 e. The van der Waals surface area contributed by atoms with Crippen molar-refractivity contribution in [3.05, 3.63) is 30.1 Å². The average Bonchev–Trinajstić information content (AvgIpc) is 2.13. The predicted molar refractivity (Wildman–Crippen MR) is 58.2 cm³/mol. The van der Waals surface area contributed by atoms with Crippen molar-refractivity contribution in [3.8, 4) is 0 Å². The molecule has 0 aliphatic rings. The number of nitrogens with zero attached hydrogens (tertiary/aromatic N) is 1. The molecule has 2 unspecified atom stereocenters. The molecular weight excluding hydrogens is 284 g/mol. The van der Waals surface area contributed by atoms with E-state index in [1.54, 1.807) is 13.0 Å². The van der Waals surface area contributed by atoms with Crippen molar-refractivity contribution >= 4 is 15.2 Å². The average molecular weight is 297 g/mol. The normalized spacial score (nSPS) is 19.0. The Morgan fingerprint density at radius 3 is 2.33 bits per heavy atom. The SMILES string of the molecule is Cc1ccc[n+](CC(O)(P(=O)([O-])O)P(=O)(O)O)c1. The van der Waals surface area contributed by atoms with Gasteiger partial charge < -0.3 is 29.2 Å². The minimum Gasteiger partial charge on any atom is -0.776 e. The van der Waals surface area contributed by atoms with Gasteiger partial charge in [0.15, 0.2) is 26.5 Å². The lowest BCUT2D eigenvalue weighted by Crippen LogP contribution is -2.49. The van der Waals surface area contributed by atoms with Gasteiger partial charge in [0.1, 0.15) is 0 Å². The molecule has 0 amide bonds. The third-order valence-corrected chi connectivity index (χ3v) is 5.98. The summed E-state index contributed by atoms with van der Waals surface area (Å²) in [5.74, 6) is 0. The van der Waals surface area contributed by atoms with Crippen LogP contribution in [-0.2, 0) is 15.7 Å². The van der Waals surface area contributed by atoms with Crippen LogP contribution in [0.3, 0.4) is 0 Å². The summed E-state index contributed by atoms with van der Waals surface area (Å²) < 4.78 is 23.2. The Labute approximate surface area is 103 Å². The Morgan fingerprint density at radius 2 is 1.94 bits per heavy atom. The number of aryl methyl sites for hydroxylation is 1. The molecule has 102 valence electrons. The summed E-state index contributed by atoms with van der Waals surface area (Å²) in [6, 6.07) is 3.17. The van der Waals surface area contributed by atoms with Crippen molar-refractivity contribution in [3.63, 3.8) is 0 Å². The van der Waals surface area contributed by atoms with Crippen molar-refractivity contribution in [2.75, 3.05) is 0 Å². The van der Waals surface area contributed by atoms with Crippen LogP contribution in [0.4, 0.5) is 0 Å². The first-order valence-electron chi connectivity index (χ1n) is 4.75. The standard InChI is InChI=1S/C8H13NO7P2/c1-7-3-2-4-9(5-7)6-8(10,17(11,12)13)18(14,15)16/h2-5,10H,6H2,1H3,(H3-,11,12,13,14,15,16). The van der Waals surface area contributed by atoms with Gasteiger partial charge in [0.05, 0.1) is 0 Å². The first-order chi connectivity index (χ1) is 7.97. The van der Waals surface area contributed by atoms with Gasteiger partial charge in [-0.25, -0.2) is 4.57 Å². The molecule has 1 aromatic rings. The molecule has 0 aliphatic heterocycles. The molecule has 4 N–H and O–H groups in total. The van der Waals surface area contributed by atoms with Crippen LogP contribution in [0.25, 0.3) is 0 Å². The topological polar surface area (TPSA) is 142 Å². The molecule has 1 heterocycles. The van der Waals surface area contributed by atoms with E-state index in [0.717, 1.165) is 4.57 Å². The van der Waals surface area contributed by atoms with Crippen LogP contribution in [0.2, 0.25) is 0 Å². The van der Waals surface area contributed by atoms with Gasteiger partial charge in [-0.15, -0.1) is 0 Å². The Balaban J connectivity index is 3.25. The van der Waals surface area contributed by atoms with Crippen molar-refractivity contribution < 1.29 is 38.4 Å². The molecule has 8 nitrogen and oxygen atoms in total. The quantitative estimate of drug-likeness (QED) is 0.397. The molecule has 0 fully saturated rings. The predicted octanol–water partition coefficient (Wildman–Crippen LogP) is -1.35. The molecule has 0 bridgehead atoms. The fourth-order valence-electron chi connectivity index (χ4n) is 1.34. The number of hydrogen-bond acceptors (Lipinski definition) is 4. The molecule has 0 radical (unpaired) electrons. The highest BCUT2D eigenvalue weighted by molar-refractivity contribution is 7.71. The number of aliphatic hydroxyl groups is 1. The molecule has 0 aromatic carbocycles. The maximum atomic E-state index is 11.1. The van der Waals surface area contributed by atoms with Crippen LogP contribution < -0.4 is 9.46 Å². The first kappa shape index (κ1) is 15.5. The zero-order valence-corrected chi connectivity index (χ0v) is 11.2. The van der Waals surface area contributed by atoms with Crippen molar-refractivity contribution in [1.82, 2.24) is 0 Å². The molecule has 0 aliphatic carbocycles. The van der Waals surface area contributed by atoms with E-state index in [4.69, 9.17) is 14.7 Å². The van der Waals surface area contributed by atoms with Gasteiger partial charge in [0.2, 0.25) is 0 Å². The molecule has 2 atom stereocenters. The maximum Gasteiger partial charge on any atom is 0.372 e. The van der Waals surface area contributed by atoms with E-state index in [1.165, 1.54) is 18.5 Å². The third-order valence-electron chi connectivity index (χ3n) is 2.32. The van der Waals surface area contributed by atoms with Crippen molar-refractivity contribution in [1.29, 1.82) is 0 Å². The summed E-state index contributed by atoms with van der Waals surface area (Å²) in [6.07, 6.45) is 2.68. The van der Waals surface area contributed by atoms with E-state index in [0.29, 0.717) is 5.56 Å². The summed E-state index contributed by atoms with van der Waals surface area (Å²) in [5.41, 5.74) is 0.684. The van der Waals surface area contributed by atoms with Gasteiger partial charge in [0, 0.05) is 11.6 Å². The lowest BCUT2D eigenvalue weighted by atomic mass is 10.3. The molecule has 18 heavy (non-hydrogen) atoms. The zero-order valence-electron chi connectivity index (χ0n) is 9.37. The van der Waals surface area contributed by atoms with E-state index in [9.17, 15) is 19.1 Å². The number of pyridine rings is 1. The summed E-state index contributed by atoms with van der Waals surface area (Å²) in [6.45, 7) is 0.693. The maximum absolute atomic E-state index is 11.1. The second-order valence-electron chi connectivity index (χ2n) is 3.89. The minimum atomic E-state index is -5.67. The fraction of sp³-hybridized carbons (Fsp3) is 0.375. The lowest BCUT2D eigenvalue weighted by molar-refractivity contribution is -0.704. The highest BCUT2D eigenvalue weighted by Crippen LogP contribution is 2.65. The number of aromatic nitrogens is 1. The van der Waals surface area contributed by atoms with Crippen LogP contribution in [0.1, 0.15) is 5.56 Å². The summed E-state index contributed by atoms with van der Waals surface area (Å²) in [7, 11) is -11.1. The van der Waals surface area contributed by atoms with Gasteiger partial charge in [-0.05, 0) is 13.0 Å². The molecule has 0 saturated heterocycles. The Bertz CT molecular complexity index is 512. The summed E-state index contributed by atoms with van der Waals surface area (Å²) in [4.78, 5) is 37.7. The minimum absolute atomic E-state index is 0.684. The molecule has 0 saturated carbocycles. The molecule has 1 rings (SSSR count). The van der Waals surface area contributed by atoms with Gasteiger partial charge in [0.25, 0.3) is 5.08 Å². The second kappa shape index (κ2) is 4.83. The third kappa shape index (κ3) is 3.05. The fourth-order valence-corrected chi connectivity index (χ4v) is 3.35. The second-order valence-corrected chi connectivity index (χ2v) is 7.85. The van der Waals surface area contributed by atoms with Crippen LogP contribution in [0.15, 0.2) is 24.5 Å². The van der Waals surface area contributed by atoms with Gasteiger partial charge in [-0.3, -0.25) is 4.57 Å². The highest BCUT2D eigenvalue weighted by Gasteiger charge is 2.57. The van der Waals surface area contributed by atoms with Gasteiger partial charge >= 0.3 is 7.60 Å². The monoisotopic (exact) mass is 297 g/mol. The molecule has 10 heteroatoms. The van der Waals surface area contributed by atoms with Crippen LogP contribution in [-0.4, -0.2) is 24.9 Å². The number of hydrogen-bond donors (Lipinski definition) is 4. The van der Waals surface area contributed by atoms with E-state index < -0.39 is 26.8 Å². The van der Waals surface area contributed by atoms with Crippen molar-refractivity contribution in [2.24, 2.45) is 0 Å². The van der Waals surface area contributed by atoms with E-state index in [-0.39, 0.29) is 0 Å². The van der Waals surface area contributed by atoms with Gasteiger partial charge in [-0.2, -0.15) is 0 Å². The number of rotatable bonds is 4. The van der Waals surface area contributed by atoms with Crippen molar-refractivity contribution in [2.45, 2.75) is 18.6 Å². The zero-order chi connectivity index (χ0) is 14.2.